The number of ether oxygens (including phenoxy) is 2. The Hall–Kier alpha value is -3.02. The van der Waals surface area contributed by atoms with Crippen LogP contribution in [-0.4, -0.2) is 43.5 Å². The van der Waals surface area contributed by atoms with Gasteiger partial charge in [-0.25, -0.2) is 0 Å². The molecule has 0 saturated carbocycles. The molecule has 0 fully saturated rings. The van der Waals surface area contributed by atoms with Gasteiger partial charge in [-0.05, 0) is 43.5 Å². The fraction of sp³-hybridized carbons (Fsp3) is 0.391. The second-order valence-corrected chi connectivity index (χ2v) is 6.77. The Kier molecular flexibility index (Phi) is 8.52. The molecule has 156 valence electrons. The van der Waals surface area contributed by atoms with Crippen molar-refractivity contribution < 1.29 is 19.1 Å². The second kappa shape index (κ2) is 11.1. The van der Waals surface area contributed by atoms with Gasteiger partial charge >= 0.3 is 0 Å². The monoisotopic (exact) mass is 398 g/mol. The van der Waals surface area contributed by atoms with Crippen LogP contribution in [0.2, 0.25) is 0 Å². The highest BCUT2D eigenvalue weighted by Gasteiger charge is 2.25. The average Bonchev–Trinajstić information content (AvgIpc) is 2.75. The summed E-state index contributed by atoms with van der Waals surface area (Å²) in [5.74, 6) is 1.07. The van der Waals surface area contributed by atoms with Crippen LogP contribution in [0.5, 0.6) is 11.5 Å². The molecule has 0 bridgehead atoms. The van der Waals surface area contributed by atoms with Crippen molar-refractivity contribution >= 4 is 11.8 Å². The Bertz CT molecular complexity index is 808. The van der Waals surface area contributed by atoms with Gasteiger partial charge in [-0.15, -0.1) is 0 Å². The standard InChI is InChI=1S/C23H30N2O4/c1-5-24-23(27)17(2)25(16-19-9-7-6-8-10-19)22(26)14-12-18-11-13-20(28-3)21(15-18)29-4/h6-11,13,15,17H,5,12,14,16H2,1-4H3,(H,24,27)/t17-/m0/s1. The van der Waals surface area contributed by atoms with Gasteiger partial charge in [-0.1, -0.05) is 36.4 Å². The summed E-state index contributed by atoms with van der Waals surface area (Å²) in [6, 6.07) is 14.8. The molecule has 0 unspecified atom stereocenters. The first-order valence-electron chi connectivity index (χ1n) is 9.82. The van der Waals surface area contributed by atoms with E-state index in [1.165, 1.54) is 0 Å². The zero-order valence-electron chi connectivity index (χ0n) is 17.6. The van der Waals surface area contributed by atoms with Gasteiger partial charge < -0.3 is 19.7 Å². The van der Waals surface area contributed by atoms with Gasteiger partial charge in [0.2, 0.25) is 11.8 Å². The van der Waals surface area contributed by atoms with E-state index in [1.54, 1.807) is 26.0 Å². The van der Waals surface area contributed by atoms with E-state index in [0.29, 0.717) is 37.4 Å². The number of aryl methyl sites for hydroxylation is 1. The number of rotatable bonds is 10. The molecule has 2 rings (SSSR count). The summed E-state index contributed by atoms with van der Waals surface area (Å²) in [4.78, 5) is 27.1. The average molecular weight is 399 g/mol. The fourth-order valence-corrected chi connectivity index (χ4v) is 3.12. The number of methoxy groups -OCH3 is 2. The molecule has 0 aliphatic rings. The van der Waals surface area contributed by atoms with E-state index in [4.69, 9.17) is 9.47 Å². The van der Waals surface area contributed by atoms with E-state index < -0.39 is 6.04 Å². The van der Waals surface area contributed by atoms with Gasteiger partial charge in [-0.3, -0.25) is 9.59 Å². The molecule has 0 aromatic heterocycles. The Labute approximate surface area is 172 Å². The summed E-state index contributed by atoms with van der Waals surface area (Å²) >= 11 is 0. The molecular formula is C23H30N2O4. The van der Waals surface area contributed by atoms with E-state index in [1.807, 2.05) is 55.5 Å². The highest BCUT2D eigenvalue weighted by molar-refractivity contribution is 5.87. The minimum Gasteiger partial charge on any atom is -0.493 e. The van der Waals surface area contributed by atoms with Gasteiger partial charge in [0.25, 0.3) is 0 Å². The van der Waals surface area contributed by atoms with Crippen molar-refractivity contribution in [2.24, 2.45) is 0 Å². The molecule has 0 saturated heterocycles. The Morgan fingerprint density at radius 3 is 2.31 bits per heavy atom. The maximum absolute atomic E-state index is 13.0. The molecule has 6 nitrogen and oxygen atoms in total. The number of carbonyl (C=O) groups is 2. The zero-order chi connectivity index (χ0) is 21.2. The van der Waals surface area contributed by atoms with Crippen molar-refractivity contribution in [1.82, 2.24) is 10.2 Å². The van der Waals surface area contributed by atoms with Crippen LogP contribution < -0.4 is 14.8 Å². The largest absolute Gasteiger partial charge is 0.493 e. The van der Waals surface area contributed by atoms with Gasteiger partial charge in [-0.2, -0.15) is 0 Å². The molecule has 0 aliphatic carbocycles. The van der Waals surface area contributed by atoms with Crippen molar-refractivity contribution in [3.8, 4) is 11.5 Å². The van der Waals surface area contributed by atoms with Gasteiger partial charge in [0, 0.05) is 19.5 Å². The molecular weight excluding hydrogens is 368 g/mol. The first-order chi connectivity index (χ1) is 14.0. The maximum atomic E-state index is 13.0. The lowest BCUT2D eigenvalue weighted by atomic mass is 10.1. The molecule has 0 spiro atoms. The van der Waals surface area contributed by atoms with Crippen molar-refractivity contribution in [2.75, 3.05) is 20.8 Å². The lowest BCUT2D eigenvalue weighted by molar-refractivity contribution is -0.140. The SMILES string of the molecule is CCNC(=O)[C@H](C)N(Cc1ccccc1)C(=O)CCc1ccc(OC)c(OC)c1. The van der Waals surface area contributed by atoms with Crippen molar-refractivity contribution in [2.45, 2.75) is 39.3 Å². The molecule has 1 N–H and O–H groups in total. The number of carbonyl (C=O) groups excluding carboxylic acids is 2. The maximum Gasteiger partial charge on any atom is 0.242 e. The predicted octanol–water partition coefficient (Wildman–Crippen LogP) is 3.19. The van der Waals surface area contributed by atoms with Crippen molar-refractivity contribution in [1.29, 1.82) is 0 Å². The van der Waals surface area contributed by atoms with Crippen molar-refractivity contribution in [3.05, 3.63) is 59.7 Å². The molecule has 1 atom stereocenters. The van der Waals surface area contributed by atoms with Gasteiger partial charge in [0.15, 0.2) is 11.5 Å². The molecule has 2 aromatic rings. The molecule has 0 radical (unpaired) electrons. The lowest BCUT2D eigenvalue weighted by Gasteiger charge is -2.29. The van der Waals surface area contributed by atoms with Crippen LogP contribution in [0, 0.1) is 0 Å². The van der Waals surface area contributed by atoms with Crippen LogP contribution in [-0.2, 0) is 22.6 Å². The molecule has 29 heavy (non-hydrogen) atoms. The molecule has 0 heterocycles. The van der Waals surface area contributed by atoms with Crippen LogP contribution in [0.25, 0.3) is 0 Å². The molecule has 0 aliphatic heterocycles. The lowest BCUT2D eigenvalue weighted by Crippen LogP contribution is -2.47. The van der Waals surface area contributed by atoms with E-state index in [9.17, 15) is 9.59 Å². The number of likely N-dealkylation sites (N-methyl/N-ethyl adjacent to an activating group) is 1. The third-order valence-electron chi connectivity index (χ3n) is 4.79. The Morgan fingerprint density at radius 2 is 1.69 bits per heavy atom. The minimum absolute atomic E-state index is 0.0672. The number of amides is 2. The summed E-state index contributed by atoms with van der Waals surface area (Å²) in [6.07, 6.45) is 0.846. The van der Waals surface area contributed by atoms with Crippen LogP contribution >= 0.6 is 0 Å². The Balaban J connectivity index is 2.13. The summed E-state index contributed by atoms with van der Waals surface area (Å²) in [5.41, 5.74) is 1.96. The normalized spacial score (nSPS) is 11.4. The third kappa shape index (κ3) is 6.24. The number of hydrogen-bond acceptors (Lipinski definition) is 4. The molecule has 2 amide bonds. The highest BCUT2D eigenvalue weighted by Crippen LogP contribution is 2.28. The predicted molar refractivity (Wildman–Crippen MR) is 113 cm³/mol. The van der Waals surface area contributed by atoms with E-state index in [0.717, 1.165) is 11.1 Å². The van der Waals surface area contributed by atoms with Gasteiger partial charge in [0.1, 0.15) is 6.04 Å². The Morgan fingerprint density at radius 1 is 1.00 bits per heavy atom. The smallest absolute Gasteiger partial charge is 0.242 e. The van der Waals surface area contributed by atoms with Gasteiger partial charge in [0.05, 0.1) is 14.2 Å². The number of hydrogen-bond donors (Lipinski definition) is 1. The summed E-state index contributed by atoms with van der Waals surface area (Å²) < 4.78 is 10.6. The first-order valence-corrected chi connectivity index (χ1v) is 9.82. The number of benzene rings is 2. The van der Waals surface area contributed by atoms with Crippen LogP contribution in [0.15, 0.2) is 48.5 Å². The highest BCUT2D eigenvalue weighted by atomic mass is 16.5. The summed E-state index contributed by atoms with van der Waals surface area (Å²) in [7, 11) is 3.17. The first kappa shape index (κ1) is 22.3. The fourth-order valence-electron chi connectivity index (χ4n) is 3.12. The zero-order valence-corrected chi connectivity index (χ0v) is 17.6. The second-order valence-electron chi connectivity index (χ2n) is 6.77. The minimum atomic E-state index is -0.548. The summed E-state index contributed by atoms with van der Waals surface area (Å²) in [5, 5.41) is 2.80. The molecule has 6 heteroatoms. The van der Waals surface area contributed by atoms with Crippen LogP contribution in [0.1, 0.15) is 31.4 Å². The topological polar surface area (TPSA) is 67.9 Å². The van der Waals surface area contributed by atoms with E-state index in [-0.39, 0.29) is 11.8 Å². The van der Waals surface area contributed by atoms with Crippen LogP contribution in [0.4, 0.5) is 0 Å². The van der Waals surface area contributed by atoms with E-state index >= 15 is 0 Å². The number of nitrogens with one attached hydrogen (secondary N) is 1. The number of nitrogens with zero attached hydrogens (tertiary/aromatic N) is 1. The molecule has 2 aromatic carbocycles. The van der Waals surface area contributed by atoms with Crippen molar-refractivity contribution in [3.63, 3.8) is 0 Å². The summed E-state index contributed by atoms with van der Waals surface area (Å²) in [6.45, 7) is 4.55. The van der Waals surface area contributed by atoms with Crippen LogP contribution in [0.3, 0.4) is 0 Å². The van der Waals surface area contributed by atoms with E-state index in [2.05, 4.69) is 5.32 Å². The quantitative estimate of drug-likeness (QED) is 0.667. The third-order valence-corrected chi connectivity index (χ3v) is 4.79.